The second-order valence-corrected chi connectivity index (χ2v) is 4.94. The number of allylic oxidation sites excluding steroid dienone is 3. The van der Waals surface area contributed by atoms with Crippen LogP contribution in [0.1, 0.15) is 52.9 Å². The first-order valence-corrected chi connectivity index (χ1v) is 6.45. The maximum Gasteiger partial charge on any atom is 0.0415 e. The molecule has 0 aromatic rings. The lowest BCUT2D eigenvalue weighted by molar-refractivity contribution is 0.487. The molecule has 0 N–H and O–H groups in total. The summed E-state index contributed by atoms with van der Waals surface area (Å²) in [7, 11) is 0. The van der Waals surface area contributed by atoms with Crippen molar-refractivity contribution in [3.05, 3.63) is 23.8 Å². The molecule has 1 aliphatic carbocycles. The molecule has 2 unspecified atom stereocenters. The Morgan fingerprint density at radius 2 is 2.31 bits per heavy atom. The molecule has 1 rings (SSSR count). The first kappa shape index (κ1) is 13.1. The summed E-state index contributed by atoms with van der Waals surface area (Å²) in [5, 5.41) is 0. The van der Waals surface area contributed by atoms with Crippen LogP contribution in [0, 0.1) is 23.7 Å². The summed E-state index contributed by atoms with van der Waals surface area (Å²) in [6.45, 7) is 10.6. The van der Waals surface area contributed by atoms with E-state index in [1.165, 1.54) is 30.4 Å². The van der Waals surface area contributed by atoms with E-state index in [0.717, 1.165) is 12.8 Å². The summed E-state index contributed by atoms with van der Waals surface area (Å²) in [5.74, 6) is 7.88. The highest BCUT2D eigenvalue weighted by Gasteiger charge is 2.20. The van der Waals surface area contributed by atoms with Gasteiger partial charge in [0.1, 0.15) is 0 Å². The van der Waals surface area contributed by atoms with Crippen LogP contribution in [0.15, 0.2) is 23.8 Å². The molecule has 0 aliphatic heterocycles. The third-order valence-electron chi connectivity index (χ3n) is 3.42. The zero-order chi connectivity index (χ0) is 12.0. The molecule has 2 atom stereocenters. The SMILES string of the molecule is C=C(C)C1CC=C(C)C(C#CCCCC)C1. The van der Waals surface area contributed by atoms with E-state index >= 15 is 0 Å². The van der Waals surface area contributed by atoms with Crippen molar-refractivity contribution in [3.63, 3.8) is 0 Å². The summed E-state index contributed by atoms with van der Waals surface area (Å²) in [5.41, 5.74) is 2.77. The Morgan fingerprint density at radius 3 is 2.94 bits per heavy atom. The molecule has 0 saturated heterocycles. The molecule has 0 fully saturated rings. The molecular weight excluding hydrogens is 192 g/mol. The summed E-state index contributed by atoms with van der Waals surface area (Å²) in [6.07, 6.45) is 8.21. The summed E-state index contributed by atoms with van der Waals surface area (Å²) in [4.78, 5) is 0. The summed E-state index contributed by atoms with van der Waals surface area (Å²) in [6, 6.07) is 0. The maximum absolute atomic E-state index is 4.07. The Morgan fingerprint density at radius 1 is 1.56 bits per heavy atom. The summed E-state index contributed by atoms with van der Waals surface area (Å²) >= 11 is 0. The third-order valence-corrected chi connectivity index (χ3v) is 3.42. The lowest BCUT2D eigenvalue weighted by atomic mass is 9.79. The van der Waals surface area contributed by atoms with Gasteiger partial charge in [0.25, 0.3) is 0 Å². The molecule has 0 saturated carbocycles. The lowest BCUT2D eigenvalue weighted by Gasteiger charge is -2.25. The molecule has 0 bridgehead atoms. The van der Waals surface area contributed by atoms with Gasteiger partial charge in [0.05, 0.1) is 0 Å². The van der Waals surface area contributed by atoms with Crippen LogP contribution in [0.3, 0.4) is 0 Å². The van der Waals surface area contributed by atoms with Gasteiger partial charge in [-0.15, -0.1) is 5.92 Å². The lowest BCUT2D eigenvalue weighted by Crippen LogP contribution is -2.14. The number of unbranched alkanes of at least 4 members (excludes halogenated alkanes) is 2. The average Bonchev–Trinajstić information content (AvgIpc) is 2.26. The molecule has 0 heterocycles. The van der Waals surface area contributed by atoms with E-state index in [4.69, 9.17) is 0 Å². The van der Waals surface area contributed by atoms with Crippen LogP contribution in [-0.4, -0.2) is 0 Å². The zero-order valence-electron chi connectivity index (χ0n) is 11.0. The van der Waals surface area contributed by atoms with Gasteiger partial charge in [-0.05, 0) is 39.0 Å². The Labute approximate surface area is 101 Å². The quantitative estimate of drug-likeness (QED) is 0.363. The molecule has 0 heteroatoms. The van der Waals surface area contributed by atoms with Crippen LogP contribution in [0.5, 0.6) is 0 Å². The van der Waals surface area contributed by atoms with Crippen LogP contribution >= 0.6 is 0 Å². The van der Waals surface area contributed by atoms with Gasteiger partial charge < -0.3 is 0 Å². The summed E-state index contributed by atoms with van der Waals surface area (Å²) < 4.78 is 0. The van der Waals surface area contributed by atoms with Gasteiger partial charge in [-0.2, -0.15) is 0 Å². The van der Waals surface area contributed by atoms with E-state index < -0.39 is 0 Å². The van der Waals surface area contributed by atoms with Gasteiger partial charge in [-0.1, -0.05) is 43.1 Å². The molecule has 0 aromatic carbocycles. The van der Waals surface area contributed by atoms with Crippen LogP contribution in [0.4, 0.5) is 0 Å². The maximum atomic E-state index is 4.07. The highest BCUT2D eigenvalue weighted by Crippen LogP contribution is 2.32. The minimum atomic E-state index is 0.479. The monoisotopic (exact) mass is 216 g/mol. The topological polar surface area (TPSA) is 0 Å². The Kier molecular flexibility index (Phi) is 5.39. The van der Waals surface area contributed by atoms with Gasteiger partial charge in [0.2, 0.25) is 0 Å². The van der Waals surface area contributed by atoms with Crippen molar-refractivity contribution in [1.82, 2.24) is 0 Å². The van der Waals surface area contributed by atoms with Crippen molar-refractivity contribution in [3.8, 4) is 11.8 Å². The smallest absolute Gasteiger partial charge is 0.0415 e. The van der Waals surface area contributed by atoms with E-state index in [1.54, 1.807) is 0 Å². The predicted octanol–water partition coefficient (Wildman–Crippen LogP) is 4.73. The van der Waals surface area contributed by atoms with Crippen molar-refractivity contribution in [1.29, 1.82) is 0 Å². The standard InChI is InChI=1S/C16H24/c1-5-6-7-8-9-16-12-15(13(2)3)11-10-14(16)4/h10,15-16H,2,5-7,11-12H2,1,3-4H3. The highest BCUT2D eigenvalue weighted by atomic mass is 14.2. The number of hydrogen-bond acceptors (Lipinski definition) is 0. The molecule has 0 aromatic heterocycles. The zero-order valence-corrected chi connectivity index (χ0v) is 11.0. The normalized spacial score (nSPS) is 24.3. The third kappa shape index (κ3) is 3.89. The molecule has 0 spiro atoms. The molecule has 0 amide bonds. The number of hydrogen-bond donors (Lipinski definition) is 0. The Hall–Kier alpha value is -0.960. The Bertz CT molecular complexity index is 322. The predicted molar refractivity (Wildman–Crippen MR) is 72.1 cm³/mol. The van der Waals surface area contributed by atoms with Crippen molar-refractivity contribution in [2.24, 2.45) is 11.8 Å². The second-order valence-electron chi connectivity index (χ2n) is 4.94. The fourth-order valence-electron chi connectivity index (χ4n) is 2.07. The first-order chi connectivity index (χ1) is 7.65. The van der Waals surface area contributed by atoms with E-state index in [-0.39, 0.29) is 0 Å². The van der Waals surface area contributed by atoms with Gasteiger partial charge in [-0.3, -0.25) is 0 Å². The Balaban J connectivity index is 2.57. The molecule has 0 radical (unpaired) electrons. The van der Waals surface area contributed by atoms with Gasteiger partial charge in [-0.25, -0.2) is 0 Å². The largest absolute Gasteiger partial charge is 0.103 e. The number of rotatable bonds is 3. The van der Waals surface area contributed by atoms with E-state index in [1.807, 2.05) is 0 Å². The van der Waals surface area contributed by atoms with Gasteiger partial charge in [0.15, 0.2) is 0 Å². The van der Waals surface area contributed by atoms with Crippen molar-refractivity contribution >= 4 is 0 Å². The van der Waals surface area contributed by atoms with Crippen molar-refractivity contribution in [2.45, 2.75) is 52.9 Å². The molecule has 1 aliphatic rings. The van der Waals surface area contributed by atoms with Gasteiger partial charge >= 0.3 is 0 Å². The van der Waals surface area contributed by atoms with Crippen LogP contribution < -0.4 is 0 Å². The molecular formula is C16H24. The minimum Gasteiger partial charge on any atom is -0.103 e. The average molecular weight is 216 g/mol. The van der Waals surface area contributed by atoms with Gasteiger partial charge in [0, 0.05) is 12.3 Å². The van der Waals surface area contributed by atoms with E-state index in [2.05, 4.69) is 45.3 Å². The molecule has 16 heavy (non-hydrogen) atoms. The van der Waals surface area contributed by atoms with E-state index in [0.29, 0.717) is 11.8 Å². The first-order valence-electron chi connectivity index (χ1n) is 6.45. The fourth-order valence-corrected chi connectivity index (χ4v) is 2.07. The van der Waals surface area contributed by atoms with Crippen LogP contribution in [0.25, 0.3) is 0 Å². The van der Waals surface area contributed by atoms with E-state index in [9.17, 15) is 0 Å². The van der Waals surface area contributed by atoms with Crippen molar-refractivity contribution in [2.75, 3.05) is 0 Å². The van der Waals surface area contributed by atoms with Crippen molar-refractivity contribution < 1.29 is 0 Å². The highest BCUT2D eigenvalue weighted by molar-refractivity contribution is 5.23. The molecule has 88 valence electrons. The van der Waals surface area contributed by atoms with Crippen LogP contribution in [-0.2, 0) is 0 Å². The second kappa shape index (κ2) is 6.59. The van der Waals surface area contributed by atoms with Crippen LogP contribution in [0.2, 0.25) is 0 Å². The fraction of sp³-hybridized carbons (Fsp3) is 0.625. The molecule has 0 nitrogen and oxygen atoms in total. The minimum absolute atomic E-state index is 0.479.